The Morgan fingerprint density at radius 2 is 1.50 bits per heavy atom. The number of nitrogens with zero attached hydrogens (tertiary/aromatic N) is 6. The Morgan fingerprint density at radius 1 is 0.781 bits per heavy atom. The first-order valence-corrected chi connectivity index (χ1v) is 11.4. The molecule has 6 rings (SSSR count). The molecule has 162 valence electrons. The summed E-state index contributed by atoms with van der Waals surface area (Å²) in [6, 6.07) is 16.8. The van der Waals surface area contributed by atoms with Crippen molar-refractivity contribution >= 4 is 22.3 Å². The van der Waals surface area contributed by atoms with E-state index in [4.69, 9.17) is 4.42 Å². The zero-order valence-corrected chi connectivity index (χ0v) is 18.2. The highest BCUT2D eigenvalue weighted by atomic mass is 16.4. The first-order chi connectivity index (χ1) is 15.8. The van der Waals surface area contributed by atoms with Crippen LogP contribution in [0.5, 0.6) is 0 Å². The molecule has 7 nitrogen and oxygen atoms in total. The third-order valence-corrected chi connectivity index (χ3v) is 6.80. The van der Waals surface area contributed by atoms with Crippen LogP contribution < -0.4 is 9.80 Å². The number of rotatable bonds is 4. The fraction of sp³-hybridized carbons (Fsp3) is 0.360. The summed E-state index contributed by atoms with van der Waals surface area (Å²) < 4.78 is 6.00. The molecule has 1 saturated heterocycles. The molecule has 3 heterocycles. The maximum atomic E-state index is 6.00. The van der Waals surface area contributed by atoms with Crippen LogP contribution in [-0.4, -0.2) is 46.6 Å². The molecule has 2 aromatic carbocycles. The second kappa shape index (κ2) is 7.89. The van der Waals surface area contributed by atoms with E-state index in [1.807, 2.05) is 6.07 Å². The number of aromatic nitrogens is 4. The molecule has 0 atom stereocenters. The van der Waals surface area contributed by atoms with Gasteiger partial charge in [0.25, 0.3) is 5.89 Å². The third kappa shape index (κ3) is 3.28. The first-order valence-electron chi connectivity index (χ1n) is 11.4. The number of hydrogen-bond donors (Lipinski definition) is 0. The Morgan fingerprint density at radius 3 is 2.25 bits per heavy atom. The van der Waals surface area contributed by atoms with E-state index in [0.29, 0.717) is 17.5 Å². The van der Waals surface area contributed by atoms with Gasteiger partial charge in [-0.05, 0) is 31.4 Å². The minimum atomic E-state index is 0.402. The summed E-state index contributed by atoms with van der Waals surface area (Å²) in [4.78, 5) is 4.79. The highest BCUT2D eigenvalue weighted by Crippen LogP contribution is 2.37. The van der Waals surface area contributed by atoms with E-state index in [-0.39, 0.29) is 0 Å². The van der Waals surface area contributed by atoms with Gasteiger partial charge < -0.3 is 14.2 Å². The minimum Gasteiger partial charge on any atom is -0.419 e. The molecule has 0 unspecified atom stereocenters. The standard InChI is InChI=1S/C25H26N6O/c1-17-7-2-5-12-21(17)30-13-15-31(16-14-30)23-20-11-4-3-10-19(20)22(26-27-23)25-29-28-24(32-25)18-8-6-9-18/h2-5,7,10-12,18H,6,8-9,13-16H2,1H3. The zero-order chi connectivity index (χ0) is 21.5. The number of para-hydroxylation sites is 1. The van der Waals surface area contributed by atoms with E-state index in [2.05, 4.69) is 79.6 Å². The van der Waals surface area contributed by atoms with Crippen molar-refractivity contribution in [3.05, 3.63) is 60.0 Å². The molecule has 0 bridgehead atoms. The van der Waals surface area contributed by atoms with Crippen molar-refractivity contribution in [2.24, 2.45) is 0 Å². The normalized spacial score (nSPS) is 17.0. The Hall–Kier alpha value is -3.48. The zero-order valence-electron chi connectivity index (χ0n) is 18.2. The number of anilines is 2. The maximum Gasteiger partial charge on any atom is 0.268 e. The molecule has 1 aliphatic carbocycles. The summed E-state index contributed by atoms with van der Waals surface area (Å²) in [6.45, 7) is 5.89. The summed E-state index contributed by atoms with van der Waals surface area (Å²) in [5, 5.41) is 19.8. The van der Waals surface area contributed by atoms with Crippen molar-refractivity contribution in [1.29, 1.82) is 0 Å². The Bertz CT molecular complexity index is 1260. The number of benzene rings is 2. The second-order valence-electron chi connectivity index (χ2n) is 8.75. The molecule has 7 heteroatoms. The van der Waals surface area contributed by atoms with Crippen LogP contribution in [0, 0.1) is 6.92 Å². The molecule has 0 N–H and O–H groups in total. The van der Waals surface area contributed by atoms with Crippen LogP contribution in [0.25, 0.3) is 22.4 Å². The highest BCUT2D eigenvalue weighted by Gasteiger charge is 2.27. The minimum absolute atomic E-state index is 0.402. The van der Waals surface area contributed by atoms with Crippen LogP contribution in [0.15, 0.2) is 52.9 Å². The summed E-state index contributed by atoms with van der Waals surface area (Å²) in [5.41, 5.74) is 3.30. The van der Waals surface area contributed by atoms with Crippen molar-refractivity contribution in [2.75, 3.05) is 36.0 Å². The molecule has 4 aromatic rings. The van der Waals surface area contributed by atoms with E-state index in [1.54, 1.807) is 0 Å². The molecule has 2 fully saturated rings. The quantitative estimate of drug-likeness (QED) is 0.473. The number of fused-ring (bicyclic) bond motifs is 1. The summed E-state index contributed by atoms with van der Waals surface area (Å²) >= 11 is 0. The Labute approximate surface area is 187 Å². The second-order valence-corrected chi connectivity index (χ2v) is 8.75. The highest BCUT2D eigenvalue weighted by molar-refractivity contribution is 5.99. The molecule has 0 radical (unpaired) electrons. The molecule has 0 spiro atoms. The van der Waals surface area contributed by atoms with Gasteiger partial charge in [-0.15, -0.1) is 20.4 Å². The summed E-state index contributed by atoms with van der Waals surface area (Å²) in [5.74, 6) is 2.52. The van der Waals surface area contributed by atoms with Gasteiger partial charge in [0.05, 0.1) is 0 Å². The molecule has 0 amide bonds. The lowest BCUT2D eigenvalue weighted by Crippen LogP contribution is -2.47. The monoisotopic (exact) mass is 426 g/mol. The van der Waals surface area contributed by atoms with E-state index in [0.717, 1.165) is 61.5 Å². The smallest absolute Gasteiger partial charge is 0.268 e. The van der Waals surface area contributed by atoms with Crippen LogP contribution in [0.1, 0.15) is 36.6 Å². The SMILES string of the molecule is Cc1ccccc1N1CCN(c2nnc(-c3nnc(C4CCC4)o3)c3ccccc23)CC1. The van der Waals surface area contributed by atoms with Crippen molar-refractivity contribution < 1.29 is 4.42 Å². The van der Waals surface area contributed by atoms with Crippen molar-refractivity contribution in [1.82, 2.24) is 20.4 Å². The van der Waals surface area contributed by atoms with E-state index < -0.39 is 0 Å². The molecular weight excluding hydrogens is 400 g/mol. The lowest BCUT2D eigenvalue weighted by atomic mass is 9.85. The first kappa shape index (κ1) is 19.2. The van der Waals surface area contributed by atoms with Crippen LogP contribution >= 0.6 is 0 Å². The van der Waals surface area contributed by atoms with Crippen LogP contribution in [0.4, 0.5) is 11.5 Å². The summed E-state index contributed by atoms with van der Waals surface area (Å²) in [7, 11) is 0. The van der Waals surface area contributed by atoms with E-state index in [1.165, 1.54) is 17.7 Å². The molecule has 1 saturated carbocycles. The number of aryl methyl sites for hydroxylation is 1. The van der Waals surface area contributed by atoms with Gasteiger partial charge in [0.15, 0.2) is 11.5 Å². The summed E-state index contributed by atoms with van der Waals surface area (Å²) in [6.07, 6.45) is 3.49. The van der Waals surface area contributed by atoms with Crippen LogP contribution in [0.2, 0.25) is 0 Å². The average molecular weight is 427 g/mol. The van der Waals surface area contributed by atoms with Crippen molar-refractivity contribution in [3.8, 4) is 11.6 Å². The maximum absolute atomic E-state index is 6.00. The van der Waals surface area contributed by atoms with Gasteiger partial charge in [-0.2, -0.15) is 0 Å². The number of hydrogen-bond acceptors (Lipinski definition) is 7. The molecule has 2 aliphatic rings. The van der Waals surface area contributed by atoms with Crippen LogP contribution in [0.3, 0.4) is 0 Å². The fourth-order valence-electron chi connectivity index (χ4n) is 4.71. The van der Waals surface area contributed by atoms with Crippen molar-refractivity contribution in [2.45, 2.75) is 32.1 Å². The van der Waals surface area contributed by atoms with E-state index in [9.17, 15) is 0 Å². The Balaban J connectivity index is 1.29. The van der Waals surface area contributed by atoms with Gasteiger partial charge in [0, 0.05) is 48.6 Å². The topological polar surface area (TPSA) is 71.2 Å². The molecule has 2 aromatic heterocycles. The number of piperazine rings is 1. The fourth-order valence-corrected chi connectivity index (χ4v) is 4.71. The van der Waals surface area contributed by atoms with E-state index >= 15 is 0 Å². The molecule has 32 heavy (non-hydrogen) atoms. The predicted molar refractivity (Wildman–Crippen MR) is 125 cm³/mol. The predicted octanol–water partition coefficient (Wildman–Crippen LogP) is 4.58. The van der Waals surface area contributed by atoms with Gasteiger partial charge in [0.2, 0.25) is 5.89 Å². The molecular formula is C25H26N6O. The van der Waals surface area contributed by atoms with Crippen molar-refractivity contribution in [3.63, 3.8) is 0 Å². The van der Waals surface area contributed by atoms with Gasteiger partial charge in [-0.3, -0.25) is 0 Å². The largest absolute Gasteiger partial charge is 0.419 e. The van der Waals surface area contributed by atoms with Gasteiger partial charge in [0.1, 0.15) is 0 Å². The Kier molecular flexibility index (Phi) is 4.74. The van der Waals surface area contributed by atoms with Gasteiger partial charge in [-0.25, -0.2) is 0 Å². The van der Waals surface area contributed by atoms with Gasteiger partial charge in [-0.1, -0.05) is 48.9 Å². The molecule has 1 aliphatic heterocycles. The third-order valence-electron chi connectivity index (χ3n) is 6.80. The van der Waals surface area contributed by atoms with Gasteiger partial charge >= 0.3 is 0 Å². The average Bonchev–Trinajstić information content (AvgIpc) is 3.27. The lowest BCUT2D eigenvalue weighted by molar-refractivity contribution is 0.338. The van der Waals surface area contributed by atoms with Crippen LogP contribution in [-0.2, 0) is 0 Å². The lowest BCUT2D eigenvalue weighted by Gasteiger charge is -2.37.